The summed E-state index contributed by atoms with van der Waals surface area (Å²) in [6.07, 6.45) is 6.97. The van der Waals surface area contributed by atoms with E-state index in [2.05, 4.69) is 16.3 Å². The monoisotopic (exact) mass is 239 g/mol. The van der Waals surface area contributed by atoms with Crippen LogP contribution in [0.4, 0.5) is 0 Å². The van der Waals surface area contributed by atoms with Crippen LogP contribution in [0.3, 0.4) is 0 Å². The Morgan fingerprint density at radius 1 is 1.47 bits per heavy atom. The van der Waals surface area contributed by atoms with Gasteiger partial charge < -0.3 is 4.74 Å². The Balaban J connectivity index is 0. The van der Waals surface area contributed by atoms with E-state index >= 15 is 0 Å². The zero-order valence-electron chi connectivity index (χ0n) is 10.1. The second-order valence-corrected chi connectivity index (χ2v) is 2.77. The lowest BCUT2D eigenvalue weighted by atomic mass is 10.4. The van der Waals surface area contributed by atoms with E-state index in [-0.39, 0.29) is 5.97 Å². The fourth-order valence-corrected chi connectivity index (χ4v) is 0.601. The van der Waals surface area contributed by atoms with Gasteiger partial charge in [0.25, 0.3) is 5.91 Å². The van der Waals surface area contributed by atoms with Crippen LogP contribution in [0.25, 0.3) is 0 Å². The van der Waals surface area contributed by atoms with Gasteiger partial charge in [-0.1, -0.05) is 26.0 Å². The van der Waals surface area contributed by atoms with E-state index in [1.165, 1.54) is 18.2 Å². The van der Waals surface area contributed by atoms with Crippen LogP contribution in [0.1, 0.15) is 26.7 Å². The number of carbonyl (C=O) groups is 2. The van der Waals surface area contributed by atoms with Crippen LogP contribution in [0.2, 0.25) is 0 Å². The molecule has 17 heavy (non-hydrogen) atoms. The minimum Gasteiger partial charge on any atom is -0.463 e. The summed E-state index contributed by atoms with van der Waals surface area (Å²) < 4.78 is 4.67. The van der Waals surface area contributed by atoms with Gasteiger partial charge in [0, 0.05) is 12.2 Å². The average Bonchev–Trinajstić information content (AvgIpc) is 2.30. The molecule has 0 saturated heterocycles. The van der Waals surface area contributed by atoms with Crippen LogP contribution in [-0.4, -0.2) is 24.6 Å². The number of hydrogen-bond donors (Lipinski definition) is 0. The lowest BCUT2D eigenvalue weighted by Gasteiger charge is -1.97. The van der Waals surface area contributed by atoms with E-state index < -0.39 is 5.91 Å². The van der Waals surface area contributed by atoms with Gasteiger partial charge in [-0.2, -0.15) is 0 Å². The molecule has 5 heteroatoms. The van der Waals surface area contributed by atoms with Crippen LogP contribution in [0.15, 0.2) is 29.8 Å². The molecule has 0 aromatic heterocycles. The largest absolute Gasteiger partial charge is 0.463 e. The molecule has 0 bridgehead atoms. The van der Waals surface area contributed by atoms with Crippen molar-refractivity contribution in [1.82, 2.24) is 0 Å². The first-order valence-electron chi connectivity index (χ1n) is 5.16. The van der Waals surface area contributed by atoms with Gasteiger partial charge in [0.2, 0.25) is 6.08 Å². The molecular formula is C12H17NO4. The minimum atomic E-state index is -0.567. The van der Waals surface area contributed by atoms with Crippen molar-refractivity contribution in [2.24, 2.45) is 4.99 Å². The number of aliphatic imine (C=N–C) groups is 1. The van der Waals surface area contributed by atoms with Crippen molar-refractivity contribution in [2.45, 2.75) is 26.7 Å². The van der Waals surface area contributed by atoms with Crippen molar-refractivity contribution >= 4 is 18.0 Å². The quantitative estimate of drug-likeness (QED) is 0.241. The van der Waals surface area contributed by atoms with Crippen LogP contribution in [0.5, 0.6) is 0 Å². The highest BCUT2D eigenvalue weighted by molar-refractivity contribution is 5.91. The number of rotatable bonds is 5. The number of unbranched alkanes of at least 4 members (excludes halogenated alkanes) is 1. The highest BCUT2D eigenvalue weighted by Crippen LogP contribution is 1.88. The predicted octanol–water partition coefficient (Wildman–Crippen LogP) is 1.94. The van der Waals surface area contributed by atoms with E-state index in [4.69, 9.17) is 0 Å². The molecule has 0 saturated carbocycles. The van der Waals surface area contributed by atoms with Crippen molar-refractivity contribution in [3.63, 3.8) is 0 Å². The standard InChI is InChI=1S/C7H12O2.C5H5NO2/c1-3-5-6-9-7(8)4-2;1-2-3-5(8)6-4-7/h4H,2-3,5-6H2,1H3;2-3H,1H3. The molecule has 1 amide bonds. The third-order valence-electron chi connectivity index (χ3n) is 1.37. The summed E-state index contributed by atoms with van der Waals surface area (Å²) in [5, 5.41) is 0. The van der Waals surface area contributed by atoms with Crippen LogP contribution in [0, 0.1) is 0 Å². The molecule has 5 nitrogen and oxygen atoms in total. The van der Waals surface area contributed by atoms with E-state index in [1.54, 1.807) is 6.92 Å². The molecule has 0 radical (unpaired) electrons. The van der Waals surface area contributed by atoms with Crippen molar-refractivity contribution in [3.05, 3.63) is 24.8 Å². The number of esters is 1. The number of ether oxygens (including phenoxy) is 1. The van der Waals surface area contributed by atoms with Crippen LogP contribution < -0.4 is 0 Å². The van der Waals surface area contributed by atoms with Crippen molar-refractivity contribution in [1.29, 1.82) is 0 Å². The molecule has 0 aliphatic carbocycles. The van der Waals surface area contributed by atoms with E-state index in [1.807, 2.05) is 6.92 Å². The first-order chi connectivity index (χ1) is 8.12. The average molecular weight is 239 g/mol. The third kappa shape index (κ3) is 16.7. The fourth-order valence-electron chi connectivity index (χ4n) is 0.601. The van der Waals surface area contributed by atoms with Gasteiger partial charge in [0.05, 0.1) is 6.61 Å². The number of amides is 1. The lowest BCUT2D eigenvalue weighted by Crippen LogP contribution is -2.00. The molecule has 0 rings (SSSR count). The summed E-state index contributed by atoms with van der Waals surface area (Å²) in [6, 6.07) is 0. The maximum absolute atomic E-state index is 10.3. The smallest absolute Gasteiger partial charge is 0.330 e. The van der Waals surface area contributed by atoms with Gasteiger partial charge in [0.15, 0.2) is 0 Å². The van der Waals surface area contributed by atoms with Crippen LogP contribution in [-0.2, 0) is 19.1 Å². The maximum Gasteiger partial charge on any atom is 0.330 e. The highest BCUT2D eigenvalue weighted by Gasteiger charge is 1.91. The summed E-state index contributed by atoms with van der Waals surface area (Å²) in [5.41, 5.74) is 0. The van der Waals surface area contributed by atoms with Crippen molar-refractivity contribution < 1.29 is 19.1 Å². The van der Waals surface area contributed by atoms with Gasteiger partial charge in [-0.05, 0) is 13.3 Å². The summed E-state index contributed by atoms with van der Waals surface area (Å²) in [6.45, 7) is 7.49. The molecular weight excluding hydrogens is 222 g/mol. The SMILES string of the molecule is C=CC(=O)OCCCC.CC=CC(=O)N=C=O. The second kappa shape index (κ2) is 14.0. The molecule has 0 fully saturated rings. The first-order valence-corrected chi connectivity index (χ1v) is 5.16. The normalized spacial score (nSPS) is 8.59. The molecule has 0 aromatic carbocycles. The molecule has 0 atom stereocenters. The molecule has 0 N–H and O–H groups in total. The Kier molecular flexibility index (Phi) is 14.3. The van der Waals surface area contributed by atoms with Gasteiger partial charge in [0.1, 0.15) is 0 Å². The van der Waals surface area contributed by atoms with Crippen molar-refractivity contribution in [2.75, 3.05) is 6.61 Å². The number of carbonyl (C=O) groups excluding carboxylic acids is 3. The fraction of sp³-hybridized carbons (Fsp3) is 0.417. The zero-order chi connectivity index (χ0) is 13.5. The summed E-state index contributed by atoms with van der Waals surface area (Å²) >= 11 is 0. The summed E-state index contributed by atoms with van der Waals surface area (Å²) in [4.78, 5) is 32.6. The molecule has 0 aliphatic heterocycles. The highest BCUT2D eigenvalue weighted by atomic mass is 16.5. The molecule has 0 aliphatic rings. The maximum atomic E-state index is 10.3. The Labute approximate surface area is 101 Å². The third-order valence-corrected chi connectivity index (χ3v) is 1.37. The lowest BCUT2D eigenvalue weighted by molar-refractivity contribution is -0.137. The van der Waals surface area contributed by atoms with Gasteiger partial charge in [-0.3, -0.25) is 4.79 Å². The van der Waals surface area contributed by atoms with E-state index in [9.17, 15) is 14.4 Å². The van der Waals surface area contributed by atoms with Gasteiger partial charge in [-0.25, -0.2) is 9.59 Å². The molecule has 94 valence electrons. The Hall–Kier alpha value is -2.00. The molecule has 0 spiro atoms. The second-order valence-electron chi connectivity index (χ2n) is 2.77. The molecule has 0 aromatic rings. The minimum absolute atomic E-state index is 0.330. The van der Waals surface area contributed by atoms with E-state index in [0.29, 0.717) is 6.61 Å². The van der Waals surface area contributed by atoms with Gasteiger partial charge >= 0.3 is 5.97 Å². The van der Waals surface area contributed by atoms with Gasteiger partial charge in [-0.15, -0.1) is 4.99 Å². The summed E-state index contributed by atoms with van der Waals surface area (Å²) in [5.74, 6) is -0.897. The Morgan fingerprint density at radius 3 is 2.53 bits per heavy atom. The Bertz CT molecular complexity index is 314. The predicted molar refractivity (Wildman–Crippen MR) is 64.0 cm³/mol. The topological polar surface area (TPSA) is 72.8 Å². The number of nitrogens with zero attached hydrogens (tertiary/aromatic N) is 1. The Morgan fingerprint density at radius 2 is 2.12 bits per heavy atom. The summed E-state index contributed by atoms with van der Waals surface area (Å²) in [7, 11) is 0. The molecule has 0 unspecified atom stereocenters. The zero-order valence-corrected chi connectivity index (χ0v) is 10.1. The number of allylic oxidation sites excluding steroid dienone is 1. The van der Waals surface area contributed by atoms with Crippen molar-refractivity contribution in [3.8, 4) is 0 Å². The first kappa shape index (κ1) is 17.4. The number of hydrogen-bond acceptors (Lipinski definition) is 4. The molecule has 0 heterocycles. The van der Waals surface area contributed by atoms with E-state index in [0.717, 1.165) is 18.9 Å². The number of isocyanates is 1. The van der Waals surface area contributed by atoms with Crippen LogP contribution >= 0.6 is 0 Å².